The number of nitrogens with one attached hydrogen (secondary N) is 1. The van der Waals surface area contributed by atoms with Crippen LogP contribution in [0, 0.1) is 13.8 Å². The lowest BCUT2D eigenvalue weighted by Crippen LogP contribution is -2.27. The molecule has 29 heavy (non-hydrogen) atoms. The second-order valence-corrected chi connectivity index (χ2v) is 7.19. The van der Waals surface area contributed by atoms with Gasteiger partial charge in [0, 0.05) is 18.9 Å². The van der Waals surface area contributed by atoms with Crippen LogP contribution in [0.3, 0.4) is 0 Å². The molecule has 0 unspecified atom stereocenters. The first-order valence-corrected chi connectivity index (χ1v) is 9.35. The van der Waals surface area contributed by atoms with E-state index in [-0.39, 0.29) is 12.3 Å². The molecule has 6 nitrogen and oxygen atoms in total. The molecular formula is C23H24N2O4. The minimum absolute atomic E-state index is 0.0713. The quantitative estimate of drug-likeness (QED) is 0.491. The van der Waals surface area contributed by atoms with Crippen LogP contribution >= 0.6 is 0 Å². The van der Waals surface area contributed by atoms with Gasteiger partial charge in [-0.25, -0.2) is 4.79 Å². The Bertz CT molecular complexity index is 1120. The first kappa shape index (κ1) is 20.3. The highest BCUT2D eigenvalue weighted by molar-refractivity contribution is 5.89. The molecule has 0 bridgehead atoms. The monoisotopic (exact) mass is 392 g/mol. The van der Waals surface area contributed by atoms with E-state index in [9.17, 15) is 9.59 Å². The number of carbonyl (C=O) groups excluding carboxylic acids is 1. The number of carbonyl (C=O) groups is 1. The molecule has 2 heterocycles. The lowest BCUT2D eigenvalue weighted by molar-refractivity contribution is -0.120. The number of rotatable bonds is 7. The van der Waals surface area contributed by atoms with E-state index in [4.69, 9.17) is 9.15 Å². The highest BCUT2D eigenvalue weighted by atomic mass is 16.5. The molecule has 0 aliphatic heterocycles. The maximum atomic E-state index is 12.5. The second kappa shape index (κ2) is 8.73. The Morgan fingerprint density at radius 2 is 2.10 bits per heavy atom. The van der Waals surface area contributed by atoms with Crippen molar-refractivity contribution in [3.8, 4) is 5.75 Å². The SMILES string of the molecule is C=C(C)COc1cc(C)cc2oc(=O)c(CC(=O)NCc3cccnc3)c(C)c12. The van der Waals surface area contributed by atoms with E-state index in [0.717, 1.165) is 16.7 Å². The van der Waals surface area contributed by atoms with Crippen molar-refractivity contribution >= 4 is 16.9 Å². The minimum Gasteiger partial charge on any atom is -0.488 e. The van der Waals surface area contributed by atoms with Gasteiger partial charge in [0.05, 0.1) is 17.4 Å². The average molecular weight is 392 g/mol. The van der Waals surface area contributed by atoms with Crippen LogP contribution in [-0.4, -0.2) is 17.5 Å². The number of nitrogens with zero attached hydrogens (tertiary/aromatic N) is 1. The summed E-state index contributed by atoms with van der Waals surface area (Å²) in [6.45, 7) is 10.2. The number of benzene rings is 1. The van der Waals surface area contributed by atoms with E-state index in [0.29, 0.717) is 41.0 Å². The molecule has 1 N–H and O–H groups in total. The Balaban J connectivity index is 1.90. The van der Waals surface area contributed by atoms with Gasteiger partial charge in [-0.05, 0) is 61.2 Å². The highest BCUT2D eigenvalue weighted by Crippen LogP contribution is 2.31. The summed E-state index contributed by atoms with van der Waals surface area (Å²) < 4.78 is 11.4. The van der Waals surface area contributed by atoms with Gasteiger partial charge in [-0.1, -0.05) is 12.6 Å². The Morgan fingerprint density at radius 1 is 1.31 bits per heavy atom. The minimum atomic E-state index is -0.511. The van der Waals surface area contributed by atoms with Crippen LogP contribution in [0.2, 0.25) is 0 Å². The van der Waals surface area contributed by atoms with Gasteiger partial charge in [-0.15, -0.1) is 0 Å². The van der Waals surface area contributed by atoms with Gasteiger partial charge in [0.15, 0.2) is 0 Å². The van der Waals surface area contributed by atoms with Gasteiger partial charge in [-0.2, -0.15) is 0 Å². The Hall–Kier alpha value is -3.41. The summed E-state index contributed by atoms with van der Waals surface area (Å²) in [6, 6.07) is 7.36. The van der Waals surface area contributed by atoms with Crippen molar-refractivity contribution in [1.29, 1.82) is 0 Å². The fraction of sp³-hybridized carbons (Fsp3) is 0.261. The normalized spacial score (nSPS) is 10.7. The van der Waals surface area contributed by atoms with Gasteiger partial charge in [-0.3, -0.25) is 9.78 Å². The van der Waals surface area contributed by atoms with Gasteiger partial charge in [0.25, 0.3) is 0 Å². The average Bonchev–Trinajstić information content (AvgIpc) is 2.68. The third-order valence-corrected chi connectivity index (χ3v) is 4.51. The van der Waals surface area contributed by atoms with Crippen LogP contribution in [0.1, 0.15) is 29.2 Å². The number of pyridine rings is 1. The standard InChI is InChI=1S/C23H24N2O4/c1-14(2)13-28-19-8-15(3)9-20-22(19)16(4)18(23(27)29-20)10-21(26)25-12-17-6-5-7-24-11-17/h5-9,11H,1,10,12-13H2,2-4H3,(H,25,26). The zero-order valence-electron chi connectivity index (χ0n) is 16.9. The Morgan fingerprint density at radius 3 is 2.79 bits per heavy atom. The van der Waals surface area contributed by atoms with E-state index in [1.807, 2.05) is 32.9 Å². The molecule has 150 valence electrons. The molecule has 1 amide bonds. The number of amides is 1. The number of aryl methyl sites for hydroxylation is 2. The first-order valence-electron chi connectivity index (χ1n) is 9.35. The molecule has 0 radical (unpaired) electrons. The molecule has 0 aliphatic carbocycles. The van der Waals surface area contributed by atoms with Crippen molar-refractivity contribution < 1.29 is 13.9 Å². The Labute approximate surface area is 169 Å². The third-order valence-electron chi connectivity index (χ3n) is 4.51. The molecule has 0 saturated carbocycles. The molecule has 2 aromatic heterocycles. The van der Waals surface area contributed by atoms with Crippen molar-refractivity contribution in [2.24, 2.45) is 0 Å². The zero-order valence-corrected chi connectivity index (χ0v) is 16.9. The number of fused-ring (bicyclic) bond motifs is 1. The summed E-state index contributed by atoms with van der Waals surface area (Å²) >= 11 is 0. The molecule has 0 fully saturated rings. The molecule has 3 aromatic rings. The summed E-state index contributed by atoms with van der Waals surface area (Å²) in [6.07, 6.45) is 3.28. The van der Waals surface area contributed by atoms with Gasteiger partial charge in [0.2, 0.25) is 5.91 Å². The van der Waals surface area contributed by atoms with Crippen molar-refractivity contribution in [3.63, 3.8) is 0 Å². The summed E-state index contributed by atoms with van der Waals surface area (Å²) in [5.74, 6) is 0.349. The maximum Gasteiger partial charge on any atom is 0.340 e. The second-order valence-electron chi connectivity index (χ2n) is 7.19. The summed E-state index contributed by atoms with van der Waals surface area (Å²) in [7, 11) is 0. The number of hydrogen-bond acceptors (Lipinski definition) is 5. The fourth-order valence-electron chi connectivity index (χ4n) is 3.08. The van der Waals surface area contributed by atoms with E-state index in [1.54, 1.807) is 24.5 Å². The summed E-state index contributed by atoms with van der Waals surface area (Å²) in [5.41, 5.74) is 3.62. The van der Waals surface area contributed by atoms with Gasteiger partial charge >= 0.3 is 5.63 Å². The van der Waals surface area contributed by atoms with E-state index in [1.165, 1.54) is 0 Å². The van der Waals surface area contributed by atoms with Crippen LogP contribution in [0.15, 0.2) is 58.0 Å². The third kappa shape index (κ3) is 4.90. The molecule has 0 atom stereocenters. The molecule has 0 aliphatic rings. The van der Waals surface area contributed by atoms with Crippen molar-refractivity contribution in [1.82, 2.24) is 10.3 Å². The van der Waals surface area contributed by atoms with Crippen LogP contribution in [0.25, 0.3) is 11.0 Å². The maximum absolute atomic E-state index is 12.5. The fourth-order valence-corrected chi connectivity index (χ4v) is 3.08. The number of aromatic nitrogens is 1. The smallest absolute Gasteiger partial charge is 0.340 e. The molecule has 6 heteroatoms. The van der Waals surface area contributed by atoms with E-state index < -0.39 is 5.63 Å². The summed E-state index contributed by atoms with van der Waals surface area (Å²) in [4.78, 5) is 29.0. The zero-order chi connectivity index (χ0) is 21.0. The topological polar surface area (TPSA) is 81.4 Å². The lowest BCUT2D eigenvalue weighted by Gasteiger charge is -2.14. The highest BCUT2D eigenvalue weighted by Gasteiger charge is 2.18. The predicted octanol–water partition coefficient (Wildman–Crippen LogP) is 3.62. The summed E-state index contributed by atoms with van der Waals surface area (Å²) in [5, 5.41) is 3.51. The van der Waals surface area contributed by atoms with Crippen molar-refractivity contribution in [2.75, 3.05) is 6.61 Å². The van der Waals surface area contributed by atoms with Crippen molar-refractivity contribution in [2.45, 2.75) is 33.7 Å². The molecular weight excluding hydrogens is 368 g/mol. The molecule has 1 aromatic carbocycles. The predicted molar refractivity (Wildman–Crippen MR) is 112 cm³/mol. The van der Waals surface area contributed by atoms with Crippen molar-refractivity contribution in [3.05, 3.63) is 81.5 Å². The van der Waals surface area contributed by atoms with Gasteiger partial charge < -0.3 is 14.5 Å². The van der Waals surface area contributed by atoms with E-state index in [2.05, 4.69) is 16.9 Å². The molecule has 0 spiro atoms. The number of hydrogen-bond donors (Lipinski definition) is 1. The van der Waals surface area contributed by atoms with Crippen LogP contribution in [-0.2, 0) is 17.8 Å². The molecule has 0 saturated heterocycles. The largest absolute Gasteiger partial charge is 0.488 e. The Kier molecular flexibility index (Phi) is 6.12. The van der Waals surface area contributed by atoms with Crippen LogP contribution in [0.4, 0.5) is 0 Å². The van der Waals surface area contributed by atoms with E-state index >= 15 is 0 Å². The van der Waals surface area contributed by atoms with Crippen LogP contribution in [0.5, 0.6) is 5.75 Å². The lowest BCUT2D eigenvalue weighted by atomic mass is 10.0. The molecule has 3 rings (SSSR count). The first-order chi connectivity index (χ1) is 13.8. The van der Waals surface area contributed by atoms with Gasteiger partial charge in [0.1, 0.15) is 17.9 Å². The van der Waals surface area contributed by atoms with Crippen LogP contribution < -0.4 is 15.7 Å². The number of ether oxygens (including phenoxy) is 1.